The van der Waals surface area contributed by atoms with Crippen molar-refractivity contribution in [2.24, 2.45) is 0 Å². The maximum Gasteiger partial charge on any atom is 0.320 e. The Kier molecular flexibility index (Phi) is 4.73. The molecule has 2 aliphatic rings. The molecule has 5 nitrogen and oxygen atoms in total. The summed E-state index contributed by atoms with van der Waals surface area (Å²) in [5, 5.41) is 3.34. The van der Waals surface area contributed by atoms with Crippen LogP contribution in [-0.4, -0.2) is 55.2 Å². The lowest BCUT2D eigenvalue weighted by Gasteiger charge is -2.28. The normalized spacial score (nSPS) is 21.4. The van der Waals surface area contributed by atoms with Crippen molar-refractivity contribution < 1.29 is 9.53 Å². The summed E-state index contributed by atoms with van der Waals surface area (Å²) < 4.78 is 5.14. The Balaban J connectivity index is 0.00000147. The van der Waals surface area contributed by atoms with Crippen molar-refractivity contribution in [3.8, 4) is 5.75 Å². The second-order valence-electron chi connectivity index (χ2n) is 5.06. The van der Waals surface area contributed by atoms with Crippen molar-refractivity contribution in [1.29, 1.82) is 0 Å². The second-order valence-corrected chi connectivity index (χ2v) is 5.06. The van der Waals surface area contributed by atoms with Gasteiger partial charge in [0.1, 0.15) is 5.75 Å². The molecule has 1 aromatic carbocycles. The first-order chi connectivity index (χ1) is 9.28. The van der Waals surface area contributed by atoms with Crippen molar-refractivity contribution in [2.45, 2.75) is 12.6 Å². The number of piperazine rings is 1. The summed E-state index contributed by atoms with van der Waals surface area (Å²) in [6.07, 6.45) is 0. The summed E-state index contributed by atoms with van der Waals surface area (Å²) in [6.45, 7) is 4.12. The Hall–Kier alpha value is -1.46. The molecule has 1 atom stereocenters. The number of methoxy groups -OCH3 is 1. The van der Waals surface area contributed by atoms with E-state index in [1.807, 2.05) is 34.1 Å². The third kappa shape index (κ3) is 2.83. The van der Waals surface area contributed by atoms with E-state index in [9.17, 15) is 4.79 Å². The molecule has 2 aliphatic heterocycles. The summed E-state index contributed by atoms with van der Waals surface area (Å²) in [6, 6.07) is 8.40. The van der Waals surface area contributed by atoms with Gasteiger partial charge in [0.15, 0.2) is 0 Å². The van der Waals surface area contributed by atoms with Crippen LogP contribution in [0.25, 0.3) is 0 Å². The molecule has 0 spiro atoms. The van der Waals surface area contributed by atoms with Crippen LogP contribution in [0.5, 0.6) is 5.75 Å². The topological polar surface area (TPSA) is 44.8 Å². The highest BCUT2D eigenvalue weighted by molar-refractivity contribution is 5.85. The maximum atomic E-state index is 12.3. The van der Waals surface area contributed by atoms with E-state index in [1.165, 1.54) is 0 Å². The molecule has 2 fully saturated rings. The number of hydrogen-bond acceptors (Lipinski definition) is 3. The first-order valence-corrected chi connectivity index (χ1v) is 6.67. The Labute approximate surface area is 125 Å². The van der Waals surface area contributed by atoms with Crippen LogP contribution < -0.4 is 10.1 Å². The molecule has 0 saturated carbocycles. The number of benzene rings is 1. The quantitative estimate of drug-likeness (QED) is 0.915. The standard InChI is InChI=1S/C14H19N3O2.ClH/c1-19-13-4-2-11(3-5-13)9-16-10-12-8-15-6-7-17(12)14(16)18;/h2-5,12,15H,6-10H2,1H3;1H. The molecule has 0 aromatic heterocycles. The predicted octanol–water partition coefficient (Wildman–Crippen LogP) is 1.33. The smallest absolute Gasteiger partial charge is 0.320 e. The van der Waals surface area contributed by atoms with Gasteiger partial charge in [-0.25, -0.2) is 4.79 Å². The fraction of sp³-hybridized carbons (Fsp3) is 0.500. The van der Waals surface area contributed by atoms with E-state index in [-0.39, 0.29) is 18.4 Å². The third-order valence-corrected chi connectivity index (χ3v) is 3.83. The molecule has 0 bridgehead atoms. The molecule has 20 heavy (non-hydrogen) atoms. The molecule has 1 N–H and O–H groups in total. The Morgan fingerprint density at radius 2 is 2.10 bits per heavy atom. The number of halogens is 1. The summed E-state index contributed by atoms with van der Waals surface area (Å²) in [4.78, 5) is 16.2. The number of carbonyl (C=O) groups is 1. The number of ether oxygens (including phenoxy) is 1. The predicted molar refractivity (Wildman–Crippen MR) is 79.4 cm³/mol. The fourth-order valence-corrected chi connectivity index (χ4v) is 2.77. The number of rotatable bonds is 3. The van der Waals surface area contributed by atoms with Gasteiger partial charge >= 0.3 is 6.03 Å². The first-order valence-electron chi connectivity index (χ1n) is 6.67. The number of carbonyl (C=O) groups excluding carboxylic acids is 1. The molecule has 0 aliphatic carbocycles. The number of amides is 2. The molecule has 6 heteroatoms. The van der Waals surface area contributed by atoms with Crippen molar-refractivity contribution in [1.82, 2.24) is 15.1 Å². The van der Waals surface area contributed by atoms with Crippen LogP contribution >= 0.6 is 12.4 Å². The van der Waals surface area contributed by atoms with Crippen LogP contribution in [0, 0.1) is 0 Å². The van der Waals surface area contributed by atoms with E-state index in [0.29, 0.717) is 12.6 Å². The second kappa shape index (κ2) is 6.33. The SMILES string of the molecule is COc1ccc(CN2CC3CNCCN3C2=O)cc1.Cl. The Morgan fingerprint density at radius 1 is 1.35 bits per heavy atom. The van der Waals surface area contributed by atoms with Crippen molar-refractivity contribution in [3.63, 3.8) is 0 Å². The van der Waals surface area contributed by atoms with Crippen molar-refractivity contribution >= 4 is 18.4 Å². The van der Waals surface area contributed by atoms with E-state index in [1.54, 1.807) is 7.11 Å². The third-order valence-electron chi connectivity index (χ3n) is 3.83. The van der Waals surface area contributed by atoms with Crippen LogP contribution in [-0.2, 0) is 6.54 Å². The van der Waals surface area contributed by atoms with Gasteiger partial charge in [0.05, 0.1) is 13.2 Å². The van der Waals surface area contributed by atoms with Gasteiger partial charge in [-0.05, 0) is 17.7 Å². The average Bonchev–Trinajstić information content (AvgIpc) is 2.77. The zero-order valence-electron chi connectivity index (χ0n) is 11.5. The average molecular weight is 298 g/mol. The van der Waals surface area contributed by atoms with Crippen LogP contribution in [0.4, 0.5) is 4.79 Å². The van der Waals surface area contributed by atoms with E-state index in [2.05, 4.69) is 5.32 Å². The van der Waals surface area contributed by atoms with Gasteiger partial charge < -0.3 is 19.9 Å². The van der Waals surface area contributed by atoms with Crippen LogP contribution in [0.15, 0.2) is 24.3 Å². The molecule has 110 valence electrons. The Morgan fingerprint density at radius 3 is 2.75 bits per heavy atom. The molecular formula is C14H20ClN3O2. The number of nitrogens with one attached hydrogen (secondary N) is 1. The molecular weight excluding hydrogens is 278 g/mol. The van der Waals surface area contributed by atoms with Gasteiger partial charge in [-0.1, -0.05) is 12.1 Å². The van der Waals surface area contributed by atoms with E-state index in [4.69, 9.17) is 4.74 Å². The molecule has 1 unspecified atom stereocenters. The monoisotopic (exact) mass is 297 g/mol. The van der Waals surface area contributed by atoms with Gasteiger partial charge in [-0.2, -0.15) is 0 Å². The summed E-state index contributed by atoms with van der Waals surface area (Å²) in [5.41, 5.74) is 1.14. The maximum absolute atomic E-state index is 12.3. The number of fused-ring (bicyclic) bond motifs is 1. The highest BCUT2D eigenvalue weighted by Crippen LogP contribution is 2.20. The molecule has 2 saturated heterocycles. The summed E-state index contributed by atoms with van der Waals surface area (Å²) >= 11 is 0. The first kappa shape index (κ1) is 14.9. The van der Waals surface area contributed by atoms with Crippen molar-refractivity contribution in [2.75, 3.05) is 33.3 Å². The van der Waals surface area contributed by atoms with Crippen LogP contribution in [0.1, 0.15) is 5.56 Å². The number of hydrogen-bond donors (Lipinski definition) is 1. The molecule has 2 heterocycles. The minimum atomic E-state index is 0. The Bertz CT molecular complexity index is 466. The highest BCUT2D eigenvalue weighted by atomic mass is 35.5. The molecule has 1 aromatic rings. The molecule has 2 amide bonds. The van der Waals surface area contributed by atoms with Gasteiger partial charge in [-0.3, -0.25) is 0 Å². The van der Waals surface area contributed by atoms with Crippen molar-refractivity contribution in [3.05, 3.63) is 29.8 Å². The lowest BCUT2D eigenvalue weighted by Crippen LogP contribution is -2.49. The number of nitrogens with zero attached hydrogens (tertiary/aromatic N) is 2. The van der Waals surface area contributed by atoms with Crippen LogP contribution in [0.3, 0.4) is 0 Å². The molecule has 3 rings (SSSR count). The zero-order chi connectivity index (χ0) is 13.2. The highest BCUT2D eigenvalue weighted by Gasteiger charge is 2.38. The fourth-order valence-electron chi connectivity index (χ4n) is 2.77. The van der Waals surface area contributed by atoms with Gasteiger partial charge in [0.25, 0.3) is 0 Å². The van der Waals surface area contributed by atoms with E-state index in [0.717, 1.165) is 37.5 Å². The lowest BCUT2D eigenvalue weighted by molar-refractivity contribution is 0.178. The summed E-state index contributed by atoms with van der Waals surface area (Å²) in [7, 11) is 1.66. The minimum Gasteiger partial charge on any atom is -0.497 e. The minimum absolute atomic E-state index is 0. The lowest BCUT2D eigenvalue weighted by atomic mass is 10.2. The molecule has 0 radical (unpaired) electrons. The van der Waals surface area contributed by atoms with E-state index < -0.39 is 0 Å². The number of urea groups is 1. The van der Waals surface area contributed by atoms with Gasteiger partial charge in [-0.15, -0.1) is 12.4 Å². The van der Waals surface area contributed by atoms with Crippen LogP contribution in [0.2, 0.25) is 0 Å². The zero-order valence-corrected chi connectivity index (χ0v) is 12.4. The van der Waals surface area contributed by atoms with Gasteiger partial charge in [0, 0.05) is 32.7 Å². The van der Waals surface area contributed by atoms with E-state index >= 15 is 0 Å². The van der Waals surface area contributed by atoms with Gasteiger partial charge in [0.2, 0.25) is 0 Å². The largest absolute Gasteiger partial charge is 0.497 e. The summed E-state index contributed by atoms with van der Waals surface area (Å²) in [5.74, 6) is 0.845.